The van der Waals surface area contributed by atoms with Gasteiger partial charge in [-0.2, -0.15) is 0 Å². The van der Waals surface area contributed by atoms with Crippen molar-refractivity contribution in [3.05, 3.63) is 0 Å². The molecule has 0 bridgehead atoms. The van der Waals surface area contributed by atoms with Crippen molar-refractivity contribution in [3.8, 4) is 0 Å². The maximum absolute atomic E-state index is 10.3. The van der Waals surface area contributed by atoms with Crippen molar-refractivity contribution in [3.63, 3.8) is 0 Å². The molecule has 0 heterocycles. The van der Waals surface area contributed by atoms with Gasteiger partial charge in [0.1, 0.15) is 17.8 Å². The normalized spacial score (nSPS) is 17.1. The highest BCUT2D eigenvalue weighted by Crippen LogP contribution is 2.13. The largest absolute Gasteiger partial charge is 0.480 e. The van der Waals surface area contributed by atoms with Crippen LogP contribution in [0.5, 0.6) is 0 Å². The topological polar surface area (TPSA) is 127 Å². The van der Waals surface area contributed by atoms with Gasteiger partial charge in [-0.05, 0) is 0 Å². The number of aliphatic hydroxyl groups excluding tert-OH is 1. The number of thioether (sulfide) groups is 1. The molecule has 0 radical (unpaired) electrons. The molecule has 3 atom stereocenters. The average Bonchev–Trinajstić information content (AvgIpc) is 2.13. The van der Waals surface area contributed by atoms with Gasteiger partial charge in [-0.25, -0.2) is 0 Å². The number of hydrogen-bond acceptors (Lipinski definition) is 6. The second-order valence-corrected chi connectivity index (χ2v) is 3.98. The molecule has 0 saturated carbocycles. The quantitative estimate of drug-likeness (QED) is 0.301. The Morgan fingerprint density at radius 2 is 2.07 bits per heavy atom. The van der Waals surface area contributed by atoms with Crippen LogP contribution in [0.3, 0.4) is 0 Å². The zero-order valence-corrected chi connectivity index (χ0v) is 8.31. The lowest BCUT2D eigenvalue weighted by molar-refractivity contribution is -0.139. The number of carbonyl (C=O) groups excluding carboxylic acids is 1. The van der Waals surface area contributed by atoms with Crippen LogP contribution in [0.4, 0.5) is 0 Å². The highest BCUT2D eigenvalue weighted by Gasteiger charge is 2.17. The van der Waals surface area contributed by atoms with Crippen molar-refractivity contribution in [1.82, 2.24) is 0 Å². The van der Waals surface area contributed by atoms with Crippen LogP contribution in [-0.2, 0) is 9.59 Å². The van der Waals surface area contributed by atoms with Gasteiger partial charge in [0.15, 0.2) is 0 Å². The summed E-state index contributed by atoms with van der Waals surface area (Å²) in [6, 6.07) is -1.74. The molecule has 0 aromatic carbocycles. The van der Waals surface area contributed by atoms with Crippen molar-refractivity contribution in [2.45, 2.75) is 23.9 Å². The smallest absolute Gasteiger partial charge is 0.320 e. The van der Waals surface area contributed by atoms with Gasteiger partial charge in [0, 0.05) is 12.2 Å². The number of hydrogen-bond donors (Lipinski definition) is 4. The van der Waals surface area contributed by atoms with E-state index < -0.39 is 23.5 Å². The second-order valence-electron chi connectivity index (χ2n) is 2.77. The fraction of sp³-hybridized carbons (Fsp3) is 0.714. The first-order valence-corrected chi connectivity index (χ1v) is 5.01. The molecular weight excluding hydrogens is 208 g/mol. The Bertz CT molecular complexity index is 202. The average molecular weight is 222 g/mol. The molecular formula is C7H14N2O4S. The molecule has 6 nitrogen and oxygen atoms in total. The zero-order valence-electron chi connectivity index (χ0n) is 7.50. The highest BCUT2D eigenvalue weighted by atomic mass is 32.2. The first kappa shape index (κ1) is 13.4. The van der Waals surface area contributed by atoms with E-state index in [1.807, 2.05) is 0 Å². The lowest BCUT2D eigenvalue weighted by Gasteiger charge is -2.13. The predicted molar refractivity (Wildman–Crippen MR) is 52.7 cm³/mol. The van der Waals surface area contributed by atoms with Gasteiger partial charge in [0.25, 0.3) is 0 Å². The summed E-state index contributed by atoms with van der Waals surface area (Å²) in [5, 5.41) is 17.7. The van der Waals surface area contributed by atoms with E-state index in [1.165, 1.54) is 0 Å². The first-order chi connectivity index (χ1) is 6.47. The van der Waals surface area contributed by atoms with E-state index in [4.69, 9.17) is 16.6 Å². The monoisotopic (exact) mass is 222 g/mol. The van der Waals surface area contributed by atoms with Crippen molar-refractivity contribution in [2.24, 2.45) is 11.5 Å². The van der Waals surface area contributed by atoms with Crippen LogP contribution in [0.15, 0.2) is 0 Å². The molecule has 7 heteroatoms. The number of aldehydes is 1. The van der Waals surface area contributed by atoms with Crippen molar-refractivity contribution >= 4 is 24.0 Å². The Kier molecular flexibility index (Phi) is 6.46. The lowest BCUT2D eigenvalue weighted by atomic mass is 10.2. The van der Waals surface area contributed by atoms with E-state index in [2.05, 4.69) is 0 Å². The van der Waals surface area contributed by atoms with E-state index in [0.29, 0.717) is 6.29 Å². The molecule has 0 aromatic heterocycles. The lowest BCUT2D eigenvalue weighted by Crippen LogP contribution is -2.34. The fourth-order valence-electron chi connectivity index (χ4n) is 0.648. The molecule has 0 fully saturated rings. The van der Waals surface area contributed by atoms with Crippen LogP contribution in [0.25, 0.3) is 0 Å². The van der Waals surface area contributed by atoms with Crippen molar-refractivity contribution in [1.29, 1.82) is 0 Å². The third-order valence-electron chi connectivity index (χ3n) is 1.43. The maximum atomic E-state index is 10.3. The number of carboxylic acid groups (broad SMARTS) is 1. The van der Waals surface area contributed by atoms with E-state index in [1.54, 1.807) is 0 Å². The third kappa shape index (κ3) is 5.92. The summed E-state index contributed by atoms with van der Waals surface area (Å²) in [6.07, 6.45) is 0.502. The molecule has 0 rings (SSSR count). The van der Waals surface area contributed by atoms with E-state index >= 15 is 0 Å². The van der Waals surface area contributed by atoms with E-state index in [0.717, 1.165) is 11.8 Å². The summed E-state index contributed by atoms with van der Waals surface area (Å²) in [4.78, 5) is 20.4. The minimum Gasteiger partial charge on any atom is -0.480 e. The molecule has 0 amide bonds. The van der Waals surface area contributed by atoms with Gasteiger partial charge >= 0.3 is 5.97 Å². The van der Waals surface area contributed by atoms with Crippen LogP contribution < -0.4 is 11.5 Å². The van der Waals surface area contributed by atoms with Gasteiger partial charge < -0.3 is 26.5 Å². The SMILES string of the molecule is NC(C=O)CSC(O)CC(N)C(=O)O. The molecule has 0 aromatic rings. The van der Waals surface area contributed by atoms with Gasteiger partial charge in [-0.1, -0.05) is 0 Å². The molecule has 6 N–H and O–H groups in total. The molecule has 3 unspecified atom stereocenters. The predicted octanol–water partition coefficient (Wildman–Crippen LogP) is -1.63. The number of carbonyl (C=O) groups is 2. The van der Waals surface area contributed by atoms with Crippen molar-refractivity contribution in [2.75, 3.05) is 5.75 Å². The molecule has 0 spiro atoms. The molecule has 0 aliphatic heterocycles. The Labute approximate surface area is 85.6 Å². The standard InChI is InChI=1S/C7H14N2O4S/c8-4(2-10)3-14-6(11)1-5(9)7(12)13/h2,4-6,11H,1,3,8-9H2,(H,12,13). The van der Waals surface area contributed by atoms with Gasteiger partial charge in [-0.15, -0.1) is 11.8 Å². The minimum absolute atomic E-state index is 0.0639. The number of aliphatic carboxylic acids is 1. The third-order valence-corrected chi connectivity index (χ3v) is 2.58. The number of rotatable bonds is 7. The molecule has 82 valence electrons. The number of carboxylic acids is 1. The van der Waals surface area contributed by atoms with Crippen LogP contribution in [0.2, 0.25) is 0 Å². The summed E-state index contributed by atoms with van der Waals surface area (Å²) in [5.74, 6) is -0.916. The Balaban J connectivity index is 3.69. The minimum atomic E-state index is -1.16. The Morgan fingerprint density at radius 1 is 1.50 bits per heavy atom. The number of aliphatic hydroxyl groups is 1. The fourth-order valence-corrected chi connectivity index (χ4v) is 1.51. The van der Waals surface area contributed by atoms with Gasteiger partial charge in [0.2, 0.25) is 0 Å². The van der Waals surface area contributed by atoms with Crippen LogP contribution >= 0.6 is 11.8 Å². The summed E-state index contributed by atoms with van der Waals surface area (Å²) < 4.78 is 0. The zero-order chi connectivity index (χ0) is 11.1. The summed E-state index contributed by atoms with van der Waals surface area (Å²) >= 11 is 1.01. The highest BCUT2D eigenvalue weighted by molar-refractivity contribution is 7.99. The van der Waals surface area contributed by atoms with Gasteiger partial charge in [-0.3, -0.25) is 4.79 Å². The first-order valence-electron chi connectivity index (χ1n) is 3.96. The van der Waals surface area contributed by atoms with Gasteiger partial charge in [0.05, 0.1) is 6.04 Å². The molecule has 0 aliphatic carbocycles. The van der Waals surface area contributed by atoms with Crippen LogP contribution in [0, 0.1) is 0 Å². The number of nitrogens with two attached hydrogens (primary N) is 2. The van der Waals surface area contributed by atoms with E-state index in [-0.39, 0.29) is 12.2 Å². The van der Waals surface area contributed by atoms with Crippen LogP contribution in [0.1, 0.15) is 6.42 Å². The molecule has 0 aliphatic rings. The summed E-state index contributed by atoms with van der Waals surface area (Å²) in [6.45, 7) is 0. The Hall–Kier alpha value is -0.630. The van der Waals surface area contributed by atoms with E-state index in [9.17, 15) is 14.7 Å². The maximum Gasteiger partial charge on any atom is 0.320 e. The summed E-state index contributed by atoms with van der Waals surface area (Å²) in [5.41, 5.74) is 9.54. The van der Waals surface area contributed by atoms with Crippen LogP contribution in [-0.4, -0.2) is 45.7 Å². The second kappa shape index (κ2) is 6.77. The van der Waals surface area contributed by atoms with Crippen molar-refractivity contribution < 1.29 is 19.8 Å². The summed E-state index contributed by atoms with van der Waals surface area (Å²) in [7, 11) is 0. The molecule has 0 saturated heterocycles. The Morgan fingerprint density at radius 3 is 2.50 bits per heavy atom. The molecule has 14 heavy (non-hydrogen) atoms.